The summed E-state index contributed by atoms with van der Waals surface area (Å²) in [6, 6.07) is 17.1. The van der Waals surface area contributed by atoms with Crippen LogP contribution in [-0.4, -0.2) is 11.8 Å². The van der Waals surface area contributed by atoms with Crippen molar-refractivity contribution in [2.24, 2.45) is 0 Å². The van der Waals surface area contributed by atoms with E-state index in [0.29, 0.717) is 16.7 Å². The Hall–Kier alpha value is -3.47. The molecule has 1 atom stereocenters. The van der Waals surface area contributed by atoms with Crippen molar-refractivity contribution in [3.63, 3.8) is 0 Å². The summed E-state index contributed by atoms with van der Waals surface area (Å²) in [4.78, 5) is 37.4. The molecule has 28 heavy (non-hydrogen) atoms. The van der Waals surface area contributed by atoms with Gasteiger partial charge in [0, 0.05) is 17.2 Å². The van der Waals surface area contributed by atoms with Gasteiger partial charge in [0.25, 0.3) is 0 Å². The Morgan fingerprint density at radius 1 is 0.929 bits per heavy atom. The Labute approximate surface area is 162 Å². The zero-order valence-corrected chi connectivity index (χ0v) is 15.9. The van der Waals surface area contributed by atoms with Crippen LogP contribution in [0.1, 0.15) is 49.3 Å². The van der Waals surface area contributed by atoms with Gasteiger partial charge >= 0.3 is 11.6 Å². The summed E-state index contributed by atoms with van der Waals surface area (Å²) in [6.07, 6.45) is -1.11. The molecule has 0 amide bonds. The average Bonchev–Trinajstić information content (AvgIpc) is 2.66. The van der Waals surface area contributed by atoms with E-state index in [4.69, 9.17) is 9.15 Å². The number of Topliss-reactive ketones (excluding diaryl/α,β-unsaturated/α-hetero) is 1. The molecule has 5 heteroatoms. The number of carbonyl (C=O) groups excluding carboxylic acids is 2. The van der Waals surface area contributed by atoms with E-state index in [2.05, 4.69) is 0 Å². The molecule has 3 aromatic rings. The predicted octanol–water partition coefficient (Wildman–Crippen LogP) is 4.35. The van der Waals surface area contributed by atoms with Crippen molar-refractivity contribution >= 4 is 11.8 Å². The second-order valence-electron chi connectivity index (χ2n) is 6.61. The van der Waals surface area contributed by atoms with E-state index in [1.165, 1.54) is 13.0 Å². The molecule has 3 rings (SSSR count). The molecule has 0 bridgehead atoms. The van der Waals surface area contributed by atoms with Gasteiger partial charge in [0.15, 0.2) is 6.10 Å². The van der Waals surface area contributed by atoms with E-state index in [1.807, 2.05) is 25.1 Å². The second kappa shape index (κ2) is 8.05. The summed E-state index contributed by atoms with van der Waals surface area (Å²) in [7, 11) is 0. The number of aryl methyl sites for hydroxylation is 3. The molecule has 0 aliphatic heterocycles. The molecular weight excluding hydrogens is 356 g/mol. The third-order valence-corrected chi connectivity index (χ3v) is 4.44. The van der Waals surface area contributed by atoms with Crippen molar-refractivity contribution in [1.29, 1.82) is 0 Å². The highest BCUT2D eigenvalue weighted by atomic mass is 16.5. The van der Waals surface area contributed by atoms with E-state index < -0.39 is 17.7 Å². The first-order valence-electron chi connectivity index (χ1n) is 8.85. The van der Waals surface area contributed by atoms with Crippen LogP contribution >= 0.6 is 0 Å². The lowest BCUT2D eigenvalue weighted by Crippen LogP contribution is -2.22. The summed E-state index contributed by atoms with van der Waals surface area (Å²) in [5.74, 6) is -0.884. The van der Waals surface area contributed by atoms with E-state index >= 15 is 0 Å². The first-order valence-corrected chi connectivity index (χ1v) is 8.85. The number of rotatable bonds is 5. The normalized spacial score (nSPS) is 11.7. The minimum Gasteiger partial charge on any atom is -0.445 e. The largest absolute Gasteiger partial charge is 0.445 e. The first kappa shape index (κ1) is 19.3. The molecule has 2 aromatic carbocycles. The number of benzene rings is 2. The number of ketones is 1. The minimum absolute atomic E-state index is 0.150. The van der Waals surface area contributed by atoms with Gasteiger partial charge in [-0.05, 0) is 26.3 Å². The highest BCUT2D eigenvalue weighted by molar-refractivity contribution is 6.02. The van der Waals surface area contributed by atoms with Gasteiger partial charge in [-0.15, -0.1) is 0 Å². The summed E-state index contributed by atoms with van der Waals surface area (Å²) in [6.45, 7) is 5.07. The van der Waals surface area contributed by atoms with E-state index in [1.54, 1.807) is 43.3 Å². The lowest BCUT2D eigenvalue weighted by molar-refractivity contribution is 0.0275. The fraction of sp³-hybridized carbons (Fsp3) is 0.174. The van der Waals surface area contributed by atoms with Crippen LogP contribution in [0.5, 0.6) is 0 Å². The van der Waals surface area contributed by atoms with Crippen LogP contribution in [0.15, 0.2) is 69.9 Å². The fourth-order valence-electron chi connectivity index (χ4n) is 3.00. The van der Waals surface area contributed by atoms with Crippen LogP contribution in [0.25, 0.3) is 0 Å². The SMILES string of the molecule is Cc1ccc(C(=O)[C@@H](OC(=O)c2c(C)cc(=O)oc2C)c2ccccc2)cc1. The molecule has 0 aliphatic rings. The van der Waals surface area contributed by atoms with E-state index in [-0.39, 0.29) is 17.1 Å². The summed E-state index contributed by atoms with van der Waals surface area (Å²) >= 11 is 0. The zero-order valence-electron chi connectivity index (χ0n) is 15.9. The maximum Gasteiger partial charge on any atom is 0.342 e. The molecule has 0 unspecified atom stereocenters. The third-order valence-electron chi connectivity index (χ3n) is 4.44. The molecular formula is C23H20O5. The molecule has 142 valence electrons. The molecule has 1 aromatic heterocycles. The number of hydrogen-bond acceptors (Lipinski definition) is 5. The van der Waals surface area contributed by atoms with Crippen LogP contribution < -0.4 is 5.63 Å². The van der Waals surface area contributed by atoms with Gasteiger partial charge < -0.3 is 9.15 Å². The van der Waals surface area contributed by atoms with Crippen LogP contribution in [0, 0.1) is 20.8 Å². The quantitative estimate of drug-likeness (QED) is 0.489. The van der Waals surface area contributed by atoms with Gasteiger partial charge in [0.2, 0.25) is 5.78 Å². The Morgan fingerprint density at radius 2 is 1.57 bits per heavy atom. The fourth-order valence-corrected chi connectivity index (χ4v) is 3.00. The standard InChI is InChI=1S/C23H20O5/c1-14-9-11-17(12-10-14)21(25)22(18-7-5-4-6-8-18)28-23(26)20-15(2)13-19(24)27-16(20)3/h4-13,22H,1-3H3/t22-/m0/s1. The topological polar surface area (TPSA) is 73.6 Å². The molecule has 0 radical (unpaired) electrons. The Kier molecular flexibility index (Phi) is 5.54. The van der Waals surface area contributed by atoms with Crippen LogP contribution in [0.3, 0.4) is 0 Å². The summed E-state index contributed by atoms with van der Waals surface area (Å²) < 4.78 is 10.6. The van der Waals surface area contributed by atoms with Gasteiger partial charge in [-0.3, -0.25) is 4.79 Å². The van der Waals surface area contributed by atoms with Gasteiger partial charge in [0.1, 0.15) is 11.3 Å². The molecule has 1 heterocycles. The second-order valence-corrected chi connectivity index (χ2v) is 6.61. The lowest BCUT2D eigenvalue weighted by Gasteiger charge is -2.18. The van der Waals surface area contributed by atoms with Crippen molar-refractivity contribution in [3.8, 4) is 0 Å². The van der Waals surface area contributed by atoms with Gasteiger partial charge in [-0.25, -0.2) is 9.59 Å². The number of esters is 1. The maximum atomic E-state index is 13.1. The molecule has 0 spiro atoms. The third kappa shape index (κ3) is 4.09. The van der Waals surface area contributed by atoms with Gasteiger partial charge in [-0.1, -0.05) is 60.2 Å². The lowest BCUT2D eigenvalue weighted by atomic mass is 9.99. The van der Waals surface area contributed by atoms with Crippen LogP contribution in [0.4, 0.5) is 0 Å². The number of ether oxygens (including phenoxy) is 1. The Balaban J connectivity index is 1.99. The molecule has 5 nitrogen and oxygen atoms in total. The number of hydrogen-bond donors (Lipinski definition) is 0. The highest BCUT2D eigenvalue weighted by Crippen LogP contribution is 2.25. The van der Waals surface area contributed by atoms with Crippen molar-refractivity contribution in [3.05, 3.63) is 105 Å². The first-order chi connectivity index (χ1) is 13.4. The molecule has 0 saturated carbocycles. The Morgan fingerprint density at radius 3 is 2.18 bits per heavy atom. The van der Waals surface area contributed by atoms with Crippen LogP contribution in [-0.2, 0) is 4.74 Å². The molecule has 0 aliphatic carbocycles. The predicted molar refractivity (Wildman–Crippen MR) is 105 cm³/mol. The molecule has 0 saturated heterocycles. The van der Waals surface area contributed by atoms with E-state index in [9.17, 15) is 14.4 Å². The Bertz CT molecular complexity index is 1040. The summed E-state index contributed by atoms with van der Waals surface area (Å²) in [5.41, 5.74) is 2.08. The molecule has 0 N–H and O–H groups in total. The maximum absolute atomic E-state index is 13.1. The van der Waals surface area contributed by atoms with Crippen LogP contribution in [0.2, 0.25) is 0 Å². The summed E-state index contributed by atoms with van der Waals surface area (Å²) in [5, 5.41) is 0. The van der Waals surface area contributed by atoms with Crippen molar-refractivity contribution in [2.45, 2.75) is 26.9 Å². The number of carbonyl (C=O) groups is 2. The van der Waals surface area contributed by atoms with Gasteiger partial charge in [0.05, 0.1) is 0 Å². The van der Waals surface area contributed by atoms with Crippen molar-refractivity contribution in [2.75, 3.05) is 0 Å². The van der Waals surface area contributed by atoms with Gasteiger partial charge in [-0.2, -0.15) is 0 Å². The van der Waals surface area contributed by atoms with Crippen molar-refractivity contribution in [1.82, 2.24) is 0 Å². The minimum atomic E-state index is -1.11. The monoisotopic (exact) mass is 376 g/mol. The van der Waals surface area contributed by atoms with E-state index in [0.717, 1.165) is 5.56 Å². The zero-order chi connectivity index (χ0) is 20.3. The average molecular weight is 376 g/mol. The highest BCUT2D eigenvalue weighted by Gasteiger charge is 2.28. The smallest absolute Gasteiger partial charge is 0.342 e. The van der Waals surface area contributed by atoms with Crippen molar-refractivity contribution < 1.29 is 18.7 Å². The molecule has 0 fully saturated rings.